The van der Waals surface area contributed by atoms with Gasteiger partial charge in [-0.15, -0.1) is 0 Å². The third-order valence-electron chi connectivity index (χ3n) is 6.96. The van der Waals surface area contributed by atoms with Gasteiger partial charge in [-0.1, -0.05) is 85.6 Å². The maximum absolute atomic E-state index is 13.6. The van der Waals surface area contributed by atoms with Crippen molar-refractivity contribution in [2.75, 3.05) is 11.4 Å². The summed E-state index contributed by atoms with van der Waals surface area (Å²) in [7, 11) is 0. The van der Waals surface area contributed by atoms with Gasteiger partial charge in [0.2, 0.25) is 5.91 Å². The molecule has 0 bridgehead atoms. The Morgan fingerprint density at radius 2 is 1.42 bits per heavy atom. The summed E-state index contributed by atoms with van der Waals surface area (Å²) in [6.07, 6.45) is 5.22. The number of amides is 1. The largest absolute Gasteiger partial charge is 0.324 e. The van der Waals surface area contributed by atoms with Gasteiger partial charge in [-0.25, -0.2) is 0 Å². The van der Waals surface area contributed by atoms with Gasteiger partial charge in [0.05, 0.1) is 0 Å². The van der Waals surface area contributed by atoms with Crippen LogP contribution in [-0.4, -0.2) is 18.0 Å². The number of hydrogen-bond donors (Lipinski definition) is 1. The molecule has 3 nitrogen and oxygen atoms in total. The highest BCUT2D eigenvalue weighted by Gasteiger charge is 2.47. The van der Waals surface area contributed by atoms with Gasteiger partial charge < -0.3 is 10.6 Å². The van der Waals surface area contributed by atoms with Crippen molar-refractivity contribution in [3.8, 4) is 11.1 Å². The van der Waals surface area contributed by atoms with Crippen molar-refractivity contribution in [1.82, 2.24) is 0 Å². The highest BCUT2D eigenvalue weighted by atomic mass is 16.2. The van der Waals surface area contributed by atoms with E-state index < -0.39 is 0 Å². The molecule has 2 atom stereocenters. The SMILES string of the molecule is NC1(CN(C(=O)[C@@H]2C[C@H]2c2ccccc2)c2ccc(-c3ccccc3)cc2)CCCC1. The van der Waals surface area contributed by atoms with Crippen LogP contribution in [0.5, 0.6) is 0 Å². The molecule has 2 N–H and O–H groups in total. The number of benzene rings is 3. The molecule has 3 heteroatoms. The zero-order chi connectivity index (χ0) is 21.3. The summed E-state index contributed by atoms with van der Waals surface area (Å²) in [5.41, 5.74) is 11.0. The van der Waals surface area contributed by atoms with Crippen LogP contribution in [0.25, 0.3) is 11.1 Å². The first-order valence-electron chi connectivity index (χ1n) is 11.4. The van der Waals surface area contributed by atoms with E-state index >= 15 is 0 Å². The number of nitrogens with two attached hydrogens (primary N) is 1. The third kappa shape index (κ3) is 4.28. The molecule has 31 heavy (non-hydrogen) atoms. The molecule has 0 heterocycles. The van der Waals surface area contributed by atoms with Crippen LogP contribution in [-0.2, 0) is 4.79 Å². The van der Waals surface area contributed by atoms with Gasteiger partial charge in [-0.2, -0.15) is 0 Å². The van der Waals surface area contributed by atoms with Crippen molar-refractivity contribution >= 4 is 11.6 Å². The molecule has 1 amide bonds. The van der Waals surface area contributed by atoms with E-state index in [1.165, 1.54) is 11.1 Å². The van der Waals surface area contributed by atoms with E-state index in [0.29, 0.717) is 12.5 Å². The molecule has 0 spiro atoms. The molecule has 5 rings (SSSR count). The first-order valence-corrected chi connectivity index (χ1v) is 11.4. The first-order chi connectivity index (χ1) is 15.1. The Hall–Kier alpha value is -2.91. The van der Waals surface area contributed by atoms with Crippen LogP contribution in [0.4, 0.5) is 5.69 Å². The molecular weight excluding hydrogens is 380 g/mol. The van der Waals surface area contributed by atoms with E-state index in [0.717, 1.165) is 43.4 Å². The quantitative estimate of drug-likeness (QED) is 0.561. The maximum atomic E-state index is 13.6. The number of rotatable bonds is 6. The van der Waals surface area contributed by atoms with Crippen molar-refractivity contribution in [1.29, 1.82) is 0 Å². The van der Waals surface area contributed by atoms with Crippen LogP contribution >= 0.6 is 0 Å². The molecule has 0 aromatic heterocycles. The molecule has 0 unspecified atom stereocenters. The lowest BCUT2D eigenvalue weighted by atomic mass is 9.97. The van der Waals surface area contributed by atoms with Crippen molar-refractivity contribution in [3.05, 3.63) is 90.5 Å². The van der Waals surface area contributed by atoms with Crippen molar-refractivity contribution in [3.63, 3.8) is 0 Å². The van der Waals surface area contributed by atoms with Gasteiger partial charge in [0.1, 0.15) is 0 Å². The van der Waals surface area contributed by atoms with Crippen molar-refractivity contribution < 1.29 is 4.79 Å². The van der Waals surface area contributed by atoms with Gasteiger partial charge in [0.25, 0.3) is 0 Å². The van der Waals surface area contributed by atoms with Crippen molar-refractivity contribution in [2.24, 2.45) is 11.7 Å². The lowest BCUT2D eigenvalue weighted by molar-refractivity contribution is -0.120. The van der Waals surface area contributed by atoms with Crippen LogP contribution in [0.2, 0.25) is 0 Å². The molecule has 2 aliphatic carbocycles. The van der Waals surface area contributed by atoms with E-state index in [1.54, 1.807) is 0 Å². The average molecular weight is 411 g/mol. The number of nitrogens with zero attached hydrogens (tertiary/aromatic N) is 1. The summed E-state index contributed by atoms with van der Waals surface area (Å²) >= 11 is 0. The molecule has 0 aliphatic heterocycles. The predicted octanol–water partition coefficient (Wildman–Crippen LogP) is 5.76. The molecule has 2 saturated carbocycles. The minimum atomic E-state index is -0.273. The molecule has 0 radical (unpaired) electrons. The lowest BCUT2D eigenvalue weighted by Crippen LogP contribution is -2.50. The van der Waals surface area contributed by atoms with Gasteiger partial charge in [-0.3, -0.25) is 4.79 Å². The Balaban J connectivity index is 1.40. The number of hydrogen-bond acceptors (Lipinski definition) is 2. The third-order valence-corrected chi connectivity index (χ3v) is 6.96. The highest BCUT2D eigenvalue weighted by molar-refractivity contribution is 5.98. The normalized spacial score (nSPS) is 21.6. The Morgan fingerprint density at radius 3 is 2.06 bits per heavy atom. The maximum Gasteiger partial charge on any atom is 0.230 e. The molecule has 158 valence electrons. The summed E-state index contributed by atoms with van der Waals surface area (Å²) < 4.78 is 0. The summed E-state index contributed by atoms with van der Waals surface area (Å²) in [4.78, 5) is 15.6. The van der Waals surface area contributed by atoms with Crippen LogP contribution in [0, 0.1) is 5.92 Å². The summed E-state index contributed by atoms with van der Waals surface area (Å²) in [6, 6.07) is 29.2. The smallest absolute Gasteiger partial charge is 0.230 e. The Labute approximate surface area is 184 Å². The van der Waals surface area contributed by atoms with E-state index in [-0.39, 0.29) is 17.4 Å². The zero-order valence-corrected chi connectivity index (χ0v) is 17.9. The zero-order valence-electron chi connectivity index (χ0n) is 17.9. The Bertz CT molecular complexity index is 1020. The van der Waals surface area contributed by atoms with E-state index in [9.17, 15) is 4.79 Å². The first kappa shape index (κ1) is 20.0. The lowest BCUT2D eigenvalue weighted by Gasteiger charge is -2.33. The van der Waals surface area contributed by atoms with Gasteiger partial charge in [-0.05, 0) is 54.0 Å². The molecule has 0 saturated heterocycles. The summed E-state index contributed by atoms with van der Waals surface area (Å²) in [6.45, 7) is 0.606. The van der Waals surface area contributed by atoms with E-state index in [1.807, 2.05) is 29.2 Å². The molecule has 3 aromatic rings. The van der Waals surface area contributed by atoms with Crippen LogP contribution in [0.3, 0.4) is 0 Å². The molecular formula is C28H30N2O. The second-order valence-electron chi connectivity index (χ2n) is 9.27. The minimum Gasteiger partial charge on any atom is -0.324 e. The van der Waals surface area contributed by atoms with Crippen molar-refractivity contribution in [2.45, 2.75) is 43.6 Å². The average Bonchev–Trinajstić information content (AvgIpc) is 3.52. The summed E-state index contributed by atoms with van der Waals surface area (Å²) in [5, 5.41) is 0. The number of carbonyl (C=O) groups is 1. The monoisotopic (exact) mass is 410 g/mol. The minimum absolute atomic E-state index is 0.0567. The van der Waals surface area contributed by atoms with Crippen LogP contribution in [0.15, 0.2) is 84.9 Å². The van der Waals surface area contributed by atoms with Crippen LogP contribution in [0.1, 0.15) is 43.6 Å². The number of anilines is 1. The summed E-state index contributed by atoms with van der Waals surface area (Å²) in [5.74, 6) is 0.608. The standard InChI is InChI=1S/C28H30N2O/c29-28(17-7-8-18-28)20-30(27(31)26-19-25(26)23-11-5-2-6-12-23)24-15-13-22(14-16-24)21-9-3-1-4-10-21/h1-6,9-16,25-26H,7-8,17-20,29H2/t25-,26+/m0/s1. The molecule has 3 aromatic carbocycles. The Morgan fingerprint density at radius 1 is 0.839 bits per heavy atom. The van der Waals surface area contributed by atoms with Gasteiger partial charge in [0.15, 0.2) is 0 Å². The highest BCUT2D eigenvalue weighted by Crippen LogP contribution is 2.49. The second-order valence-corrected chi connectivity index (χ2v) is 9.27. The fourth-order valence-electron chi connectivity index (χ4n) is 5.05. The topological polar surface area (TPSA) is 46.3 Å². The fourth-order valence-corrected chi connectivity index (χ4v) is 5.05. The van der Waals surface area contributed by atoms with Gasteiger partial charge in [0, 0.05) is 23.7 Å². The molecule has 2 fully saturated rings. The van der Waals surface area contributed by atoms with E-state index in [4.69, 9.17) is 5.73 Å². The predicted molar refractivity (Wildman–Crippen MR) is 127 cm³/mol. The second kappa shape index (κ2) is 8.32. The fraction of sp³-hybridized carbons (Fsp3) is 0.321. The van der Waals surface area contributed by atoms with E-state index in [2.05, 4.69) is 60.7 Å². The molecule has 2 aliphatic rings. The Kier molecular flexibility index (Phi) is 5.37. The van der Waals surface area contributed by atoms with Crippen LogP contribution < -0.4 is 10.6 Å². The number of carbonyl (C=O) groups excluding carboxylic acids is 1. The van der Waals surface area contributed by atoms with Gasteiger partial charge >= 0.3 is 0 Å².